The third-order valence-electron chi connectivity index (χ3n) is 7.22. The summed E-state index contributed by atoms with van der Waals surface area (Å²) < 4.78 is 7.72. The molecule has 0 bridgehead atoms. The molecule has 2 aromatic carbocycles. The minimum atomic E-state index is -0.279. The fraction of sp³-hybridized carbons (Fsp3) is 0.385. The number of rotatable bonds is 5. The lowest BCUT2D eigenvalue weighted by atomic mass is 9.95. The number of hydrogen-bond donors (Lipinski definition) is 2. The van der Waals surface area contributed by atoms with Crippen molar-refractivity contribution in [2.24, 2.45) is 0 Å². The van der Waals surface area contributed by atoms with Crippen molar-refractivity contribution in [2.75, 3.05) is 13.2 Å². The molecule has 0 amide bonds. The van der Waals surface area contributed by atoms with Crippen molar-refractivity contribution in [1.82, 2.24) is 25.2 Å². The van der Waals surface area contributed by atoms with E-state index in [0.29, 0.717) is 12.1 Å². The first-order valence-corrected chi connectivity index (χ1v) is 12.1. The van der Waals surface area contributed by atoms with Crippen LogP contribution in [0.2, 0.25) is 0 Å². The Morgan fingerprint density at radius 1 is 1.21 bits per heavy atom. The topological polar surface area (TPSA) is 90.1 Å². The van der Waals surface area contributed by atoms with Crippen molar-refractivity contribution in [3.8, 4) is 0 Å². The van der Waals surface area contributed by atoms with Crippen molar-refractivity contribution < 1.29 is 9.64 Å². The molecular weight excluding hydrogens is 428 g/mol. The molecule has 2 aliphatic rings. The molecule has 3 atom stereocenters. The summed E-state index contributed by atoms with van der Waals surface area (Å²) in [5.41, 5.74) is 5.32. The largest absolute Gasteiger partial charge is 0.376 e. The van der Waals surface area contributed by atoms with Gasteiger partial charge in [0.15, 0.2) is 6.04 Å². The highest BCUT2D eigenvalue weighted by atomic mass is 16.5. The highest BCUT2D eigenvalue weighted by Gasteiger charge is 2.36. The van der Waals surface area contributed by atoms with Crippen LogP contribution in [0, 0.1) is 6.92 Å². The zero-order valence-corrected chi connectivity index (χ0v) is 19.3. The van der Waals surface area contributed by atoms with Gasteiger partial charge in [0, 0.05) is 24.1 Å². The summed E-state index contributed by atoms with van der Waals surface area (Å²) in [6.45, 7) is 5.17. The van der Waals surface area contributed by atoms with Gasteiger partial charge in [-0.15, -0.1) is 5.10 Å². The van der Waals surface area contributed by atoms with Gasteiger partial charge < -0.3 is 14.6 Å². The second-order valence-electron chi connectivity index (χ2n) is 9.54. The van der Waals surface area contributed by atoms with Crippen LogP contribution in [0.25, 0.3) is 10.9 Å². The summed E-state index contributed by atoms with van der Waals surface area (Å²) in [5, 5.41) is 13.9. The van der Waals surface area contributed by atoms with Crippen molar-refractivity contribution in [3.05, 3.63) is 87.0 Å². The molecule has 2 N–H and O–H groups in total. The third kappa shape index (κ3) is 3.93. The summed E-state index contributed by atoms with van der Waals surface area (Å²) in [4.78, 5) is 17.8. The van der Waals surface area contributed by atoms with E-state index in [1.165, 1.54) is 16.0 Å². The van der Waals surface area contributed by atoms with E-state index in [0.717, 1.165) is 61.2 Å². The number of hydrogen-bond acceptors (Lipinski definition) is 5. The molecule has 1 saturated heterocycles. The quantitative estimate of drug-likeness (QED) is 0.477. The molecule has 0 saturated carbocycles. The highest BCUT2D eigenvalue weighted by molar-refractivity contribution is 5.79. The number of aryl methyl sites for hydroxylation is 1. The standard InChI is InChI=1S/C26H28N6O2/c1-17-8-9-23-20(13-17)14-22(26(33)27-23)24(31-11-10-18-5-2-3-6-19(18)15-31)25-28-29-30-32(25)16-21-7-4-12-34-21/h2-3,5-6,8-9,13-14,21,24H,4,7,10-12,15-16H2,1H3,(H,27,33)/p+1/t21-,24-/m1/s1. The van der Waals surface area contributed by atoms with Crippen LogP contribution in [0.5, 0.6) is 0 Å². The molecule has 2 aliphatic heterocycles. The Morgan fingerprint density at radius 3 is 2.94 bits per heavy atom. The first-order valence-electron chi connectivity index (χ1n) is 12.1. The van der Waals surface area contributed by atoms with Gasteiger partial charge in [0.05, 0.1) is 24.8 Å². The van der Waals surface area contributed by atoms with Gasteiger partial charge in [0.2, 0.25) is 5.82 Å². The number of aromatic amines is 1. The van der Waals surface area contributed by atoms with Gasteiger partial charge in [0.25, 0.3) is 5.56 Å². The molecule has 8 nitrogen and oxygen atoms in total. The SMILES string of the molecule is Cc1ccc2[nH]c(=O)c([C@H](c3nnnn3C[C@H]3CCCO3)[NH+]3CCc4ccccc4C3)cc2c1. The molecular formula is C26H29N6O2+. The highest BCUT2D eigenvalue weighted by Crippen LogP contribution is 2.22. The van der Waals surface area contributed by atoms with E-state index in [1.54, 1.807) is 0 Å². The molecule has 2 aromatic heterocycles. The lowest BCUT2D eigenvalue weighted by Gasteiger charge is -2.32. The zero-order chi connectivity index (χ0) is 23.1. The van der Waals surface area contributed by atoms with Gasteiger partial charge in [-0.1, -0.05) is 35.9 Å². The van der Waals surface area contributed by atoms with Crippen molar-refractivity contribution in [1.29, 1.82) is 0 Å². The number of aromatic nitrogens is 5. The molecule has 0 aliphatic carbocycles. The maximum atomic E-state index is 13.4. The molecule has 4 heterocycles. The number of quaternary nitrogens is 1. The number of tetrazole rings is 1. The van der Waals surface area contributed by atoms with Crippen LogP contribution in [0.4, 0.5) is 0 Å². The van der Waals surface area contributed by atoms with Crippen molar-refractivity contribution in [2.45, 2.75) is 51.4 Å². The van der Waals surface area contributed by atoms with Gasteiger partial charge in [0.1, 0.15) is 6.54 Å². The second kappa shape index (κ2) is 8.77. The van der Waals surface area contributed by atoms with Gasteiger partial charge in [-0.05, 0) is 59.3 Å². The Morgan fingerprint density at radius 2 is 2.09 bits per heavy atom. The van der Waals surface area contributed by atoms with Gasteiger partial charge in [-0.3, -0.25) is 4.79 Å². The fourth-order valence-corrected chi connectivity index (χ4v) is 5.48. The lowest BCUT2D eigenvalue weighted by molar-refractivity contribution is -0.942. The molecule has 8 heteroatoms. The van der Waals surface area contributed by atoms with Crippen LogP contribution in [0.1, 0.15) is 47.0 Å². The van der Waals surface area contributed by atoms with Crippen LogP contribution in [-0.4, -0.2) is 44.4 Å². The summed E-state index contributed by atoms with van der Waals surface area (Å²) in [5.74, 6) is 0.724. The van der Waals surface area contributed by atoms with E-state index in [-0.39, 0.29) is 17.7 Å². The average molecular weight is 458 g/mol. The number of pyridine rings is 1. The smallest absolute Gasteiger partial charge is 0.258 e. The number of benzene rings is 2. The summed E-state index contributed by atoms with van der Waals surface area (Å²) in [6.07, 6.45) is 3.13. The Balaban J connectivity index is 1.46. The predicted molar refractivity (Wildman–Crippen MR) is 128 cm³/mol. The minimum Gasteiger partial charge on any atom is -0.376 e. The van der Waals surface area contributed by atoms with E-state index < -0.39 is 0 Å². The summed E-state index contributed by atoms with van der Waals surface area (Å²) in [7, 11) is 0. The van der Waals surface area contributed by atoms with E-state index in [1.807, 2.05) is 22.9 Å². The van der Waals surface area contributed by atoms with Gasteiger partial charge in [-0.25, -0.2) is 4.68 Å². The summed E-state index contributed by atoms with van der Waals surface area (Å²) in [6, 6.07) is 16.4. The monoisotopic (exact) mass is 457 g/mol. The fourth-order valence-electron chi connectivity index (χ4n) is 5.48. The Bertz CT molecular complexity index is 1390. The number of H-pyrrole nitrogens is 1. The predicted octanol–water partition coefficient (Wildman–Crippen LogP) is 1.73. The van der Waals surface area contributed by atoms with Crippen LogP contribution < -0.4 is 10.5 Å². The Hall–Kier alpha value is -3.36. The molecule has 0 spiro atoms. The lowest BCUT2D eigenvalue weighted by Crippen LogP contribution is -3.12. The minimum absolute atomic E-state index is 0.0839. The number of nitrogens with zero attached hydrogens (tertiary/aromatic N) is 4. The number of fused-ring (bicyclic) bond motifs is 2. The molecule has 1 unspecified atom stereocenters. The maximum absolute atomic E-state index is 13.4. The van der Waals surface area contributed by atoms with Crippen LogP contribution in [0.3, 0.4) is 0 Å². The number of ether oxygens (including phenoxy) is 1. The Labute approximate surface area is 197 Å². The molecule has 174 valence electrons. The molecule has 34 heavy (non-hydrogen) atoms. The maximum Gasteiger partial charge on any atom is 0.258 e. The molecule has 1 fully saturated rings. The molecule has 0 radical (unpaired) electrons. The van der Waals surface area contributed by atoms with E-state index in [4.69, 9.17) is 4.74 Å². The average Bonchev–Trinajstić information content (AvgIpc) is 3.53. The van der Waals surface area contributed by atoms with Crippen molar-refractivity contribution in [3.63, 3.8) is 0 Å². The van der Waals surface area contributed by atoms with E-state index in [2.05, 4.69) is 57.8 Å². The first-order chi connectivity index (χ1) is 16.7. The third-order valence-corrected chi connectivity index (χ3v) is 7.22. The molecule has 6 rings (SSSR count). The second-order valence-corrected chi connectivity index (χ2v) is 9.54. The molecule has 4 aromatic rings. The van der Waals surface area contributed by atoms with Gasteiger partial charge >= 0.3 is 0 Å². The van der Waals surface area contributed by atoms with Crippen LogP contribution in [0.15, 0.2) is 53.3 Å². The normalized spacial score (nSPS) is 21.0. The number of nitrogens with one attached hydrogen (secondary N) is 2. The zero-order valence-electron chi connectivity index (χ0n) is 19.3. The Kier molecular flexibility index (Phi) is 5.47. The first kappa shape index (κ1) is 21.2. The van der Waals surface area contributed by atoms with Gasteiger partial charge in [-0.2, -0.15) is 0 Å². The summed E-state index contributed by atoms with van der Waals surface area (Å²) >= 11 is 0. The van der Waals surface area contributed by atoms with E-state index in [9.17, 15) is 4.79 Å². The van der Waals surface area contributed by atoms with Crippen molar-refractivity contribution >= 4 is 10.9 Å². The van der Waals surface area contributed by atoms with Crippen LogP contribution >= 0.6 is 0 Å². The van der Waals surface area contributed by atoms with Crippen LogP contribution in [-0.2, 0) is 24.2 Å². The van der Waals surface area contributed by atoms with E-state index >= 15 is 0 Å².